The molecule has 0 spiro atoms. The highest BCUT2D eigenvalue weighted by atomic mass is 35.5. The number of ether oxygens (including phenoxy) is 1. The molecule has 0 heterocycles. The highest BCUT2D eigenvalue weighted by Gasteiger charge is 2.19. The van der Waals surface area contributed by atoms with Gasteiger partial charge in [-0.3, -0.25) is 4.79 Å². The standard InChI is InChI=1S/C18H18Cl2N2O3/c1-3-22(4-2)18(24)25-16-9-8-13(20)11-15(16)17(23)21-14-7-5-6-12(19)10-14/h5-11H,3-4H2,1-2H3,(H,21,23). The Morgan fingerprint density at radius 1 is 1.04 bits per heavy atom. The summed E-state index contributed by atoms with van der Waals surface area (Å²) in [5.74, 6) is -0.312. The lowest BCUT2D eigenvalue weighted by Crippen LogP contribution is -2.33. The van der Waals surface area contributed by atoms with Crippen LogP contribution in [0, 0.1) is 0 Å². The number of nitrogens with zero attached hydrogens (tertiary/aromatic N) is 1. The van der Waals surface area contributed by atoms with Crippen LogP contribution in [-0.4, -0.2) is 30.0 Å². The summed E-state index contributed by atoms with van der Waals surface area (Å²) in [7, 11) is 0. The van der Waals surface area contributed by atoms with Crippen molar-refractivity contribution in [2.24, 2.45) is 0 Å². The van der Waals surface area contributed by atoms with Crippen LogP contribution >= 0.6 is 23.2 Å². The Morgan fingerprint density at radius 2 is 1.72 bits per heavy atom. The minimum Gasteiger partial charge on any atom is -0.409 e. The Hall–Kier alpha value is -2.24. The first-order valence-corrected chi connectivity index (χ1v) is 8.53. The van der Waals surface area contributed by atoms with Gasteiger partial charge in [0, 0.05) is 28.8 Å². The molecular formula is C18H18Cl2N2O3. The van der Waals surface area contributed by atoms with Crippen LogP contribution in [0.15, 0.2) is 42.5 Å². The summed E-state index contributed by atoms with van der Waals surface area (Å²) in [4.78, 5) is 26.2. The van der Waals surface area contributed by atoms with Crippen LogP contribution < -0.4 is 10.1 Å². The van der Waals surface area contributed by atoms with Gasteiger partial charge in [0.05, 0.1) is 5.56 Å². The number of benzene rings is 2. The molecule has 2 aromatic rings. The number of amides is 2. The largest absolute Gasteiger partial charge is 0.415 e. The fraction of sp³-hybridized carbons (Fsp3) is 0.222. The van der Waals surface area contributed by atoms with Crippen molar-refractivity contribution in [2.45, 2.75) is 13.8 Å². The average Bonchev–Trinajstić information content (AvgIpc) is 2.57. The second kappa shape index (κ2) is 8.74. The van der Waals surface area contributed by atoms with Crippen molar-refractivity contribution in [1.82, 2.24) is 4.90 Å². The molecule has 0 unspecified atom stereocenters. The number of hydrogen-bond donors (Lipinski definition) is 1. The molecule has 0 radical (unpaired) electrons. The summed E-state index contributed by atoms with van der Waals surface area (Å²) in [5, 5.41) is 3.57. The maximum absolute atomic E-state index is 12.6. The predicted molar refractivity (Wildman–Crippen MR) is 99.8 cm³/mol. The van der Waals surface area contributed by atoms with Crippen molar-refractivity contribution in [3.8, 4) is 5.75 Å². The van der Waals surface area contributed by atoms with Crippen molar-refractivity contribution in [1.29, 1.82) is 0 Å². The van der Waals surface area contributed by atoms with Gasteiger partial charge in [0.1, 0.15) is 5.75 Å². The summed E-state index contributed by atoms with van der Waals surface area (Å²) in [6.45, 7) is 4.71. The maximum Gasteiger partial charge on any atom is 0.415 e. The molecule has 0 atom stereocenters. The third-order valence-electron chi connectivity index (χ3n) is 3.49. The van der Waals surface area contributed by atoms with Crippen molar-refractivity contribution in [3.63, 3.8) is 0 Å². The van der Waals surface area contributed by atoms with E-state index in [9.17, 15) is 9.59 Å². The number of carbonyl (C=O) groups is 2. The van der Waals surface area contributed by atoms with Gasteiger partial charge in [-0.1, -0.05) is 29.3 Å². The van der Waals surface area contributed by atoms with E-state index in [1.165, 1.54) is 17.0 Å². The Morgan fingerprint density at radius 3 is 2.36 bits per heavy atom. The minimum absolute atomic E-state index is 0.140. The predicted octanol–water partition coefficient (Wildman–Crippen LogP) is 5.09. The Balaban J connectivity index is 2.25. The van der Waals surface area contributed by atoms with Crippen LogP contribution in [0.3, 0.4) is 0 Å². The zero-order valence-corrected chi connectivity index (χ0v) is 15.4. The van der Waals surface area contributed by atoms with Gasteiger partial charge in [-0.15, -0.1) is 0 Å². The molecule has 0 saturated heterocycles. The van der Waals surface area contributed by atoms with E-state index in [0.717, 1.165) is 0 Å². The van der Waals surface area contributed by atoms with Gasteiger partial charge in [-0.05, 0) is 50.2 Å². The molecule has 0 aliphatic carbocycles. The second-order valence-corrected chi connectivity index (χ2v) is 6.02. The lowest BCUT2D eigenvalue weighted by atomic mass is 10.2. The number of nitrogens with one attached hydrogen (secondary N) is 1. The molecule has 132 valence electrons. The summed E-state index contributed by atoms with van der Waals surface area (Å²) >= 11 is 11.9. The lowest BCUT2D eigenvalue weighted by Gasteiger charge is -2.19. The zero-order chi connectivity index (χ0) is 18.4. The lowest BCUT2D eigenvalue weighted by molar-refractivity contribution is 0.102. The molecule has 2 amide bonds. The van der Waals surface area contributed by atoms with E-state index < -0.39 is 12.0 Å². The number of carbonyl (C=O) groups excluding carboxylic acids is 2. The maximum atomic E-state index is 12.6. The molecule has 0 fully saturated rings. The Bertz CT molecular complexity index is 777. The van der Waals surface area contributed by atoms with Crippen LogP contribution in [0.25, 0.3) is 0 Å². The molecule has 25 heavy (non-hydrogen) atoms. The molecule has 5 nitrogen and oxygen atoms in total. The van der Waals surface area contributed by atoms with Gasteiger partial charge >= 0.3 is 6.09 Å². The van der Waals surface area contributed by atoms with Gasteiger partial charge < -0.3 is 15.0 Å². The van der Waals surface area contributed by atoms with E-state index in [1.54, 1.807) is 30.3 Å². The molecule has 1 N–H and O–H groups in total. The molecule has 2 aromatic carbocycles. The van der Waals surface area contributed by atoms with Crippen LogP contribution in [0.2, 0.25) is 10.0 Å². The van der Waals surface area contributed by atoms with Crippen LogP contribution in [0.1, 0.15) is 24.2 Å². The van der Waals surface area contributed by atoms with E-state index in [2.05, 4.69) is 5.32 Å². The Labute approximate surface area is 156 Å². The SMILES string of the molecule is CCN(CC)C(=O)Oc1ccc(Cl)cc1C(=O)Nc1cccc(Cl)c1. The first-order valence-electron chi connectivity index (χ1n) is 7.77. The fourth-order valence-corrected chi connectivity index (χ4v) is 2.54. The normalized spacial score (nSPS) is 10.2. The first-order chi connectivity index (χ1) is 11.9. The molecule has 2 rings (SSSR count). The number of hydrogen-bond acceptors (Lipinski definition) is 3. The number of anilines is 1. The van der Waals surface area contributed by atoms with Crippen LogP contribution in [0.5, 0.6) is 5.75 Å². The van der Waals surface area contributed by atoms with Crippen LogP contribution in [0.4, 0.5) is 10.5 Å². The minimum atomic E-state index is -0.524. The number of halogens is 2. The number of rotatable bonds is 5. The Kier molecular flexibility index (Phi) is 6.67. The van der Waals surface area contributed by atoms with E-state index in [0.29, 0.717) is 28.8 Å². The molecule has 0 aromatic heterocycles. The third kappa shape index (κ3) is 5.11. The van der Waals surface area contributed by atoms with Crippen molar-refractivity contribution in [3.05, 3.63) is 58.1 Å². The van der Waals surface area contributed by atoms with Crippen molar-refractivity contribution in [2.75, 3.05) is 18.4 Å². The van der Waals surface area contributed by atoms with Gasteiger partial charge in [-0.25, -0.2) is 4.79 Å². The quantitative estimate of drug-likeness (QED) is 0.785. The highest BCUT2D eigenvalue weighted by molar-refractivity contribution is 6.31. The molecule has 0 bridgehead atoms. The van der Waals surface area contributed by atoms with E-state index in [1.807, 2.05) is 13.8 Å². The zero-order valence-electron chi connectivity index (χ0n) is 13.9. The van der Waals surface area contributed by atoms with Crippen molar-refractivity contribution < 1.29 is 14.3 Å². The molecular weight excluding hydrogens is 363 g/mol. The van der Waals surface area contributed by atoms with Gasteiger partial charge in [0.2, 0.25) is 0 Å². The van der Waals surface area contributed by atoms with Gasteiger partial charge in [0.25, 0.3) is 5.91 Å². The first kappa shape index (κ1) is 19.1. The molecule has 0 aliphatic heterocycles. The topological polar surface area (TPSA) is 58.6 Å². The fourth-order valence-electron chi connectivity index (χ4n) is 2.17. The van der Waals surface area contributed by atoms with E-state index in [4.69, 9.17) is 27.9 Å². The molecule has 0 aliphatic rings. The average molecular weight is 381 g/mol. The van der Waals surface area contributed by atoms with Crippen molar-refractivity contribution >= 4 is 40.9 Å². The molecule has 7 heteroatoms. The van der Waals surface area contributed by atoms with Crippen LogP contribution in [-0.2, 0) is 0 Å². The smallest absolute Gasteiger partial charge is 0.409 e. The van der Waals surface area contributed by atoms with E-state index >= 15 is 0 Å². The summed E-state index contributed by atoms with van der Waals surface area (Å²) in [6, 6.07) is 11.2. The monoisotopic (exact) mass is 380 g/mol. The second-order valence-electron chi connectivity index (χ2n) is 5.15. The summed E-state index contributed by atoms with van der Waals surface area (Å²) in [6.07, 6.45) is -0.524. The summed E-state index contributed by atoms with van der Waals surface area (Å²) < 4.78 is 5.37. The molecule has 0 saturated carbocycles. The third-order valence-corrected chi connectivity index (χ3v) is 3.96. The summed E-state index contributed by atoms with van der Waals surface area (Å²) in [5.41, 5.74) is 0.687. The van der Waals surface area contributed by atoms with Gasteiger partial charge in [-0.2, -0.15) is 0 Å². The highest BCUT2D eigenvalue weighted by Crippen LogP contribution is 2.25. The van der Waals surface area contributed by atoms with E-state index in [-0.39, 0.29) is 11.3 Å². The van der Waals surface area contributed by atoms with Gasteiger partial charge in [0.15, 0.2) is 0 Å².